The highest BCUT2D eigenvalue weighted by Crippen LogP contribution is 2.25. The Morgan fingerprint density at radius 2 is 1.93 bits per heavy atom. The topological polar surface area (TPSA) is 33.2 Å². The van der Waals surface area contributed by atoms with E-state index in [1.165, 1.54) is 0 Å². The van der Waals surface area contributed by atoms with Crippen LogP contribution in [0.3, 0.4) is 0 Å². The average Bonchev–Trinajstić information content (AvgIpc) is 3.13. The normalized spacial score (nSPS) is 15.6. The van der Waals surface area contributed by atoms with Crippen LogP contribution in [0.15, 0.2) is 65.2 Å². The molecule has 4 heterocycles. The van der Waals surface area contributed by atoms with Crippen molar-refractivity contribution in [2.75, 3.05) is 4.81 Å². The Balaban J connectivity index is 1.69. The smallest absolute Gasteiger partial charge is 0.402 e. The van der Waals surface area contributed by atoms with Crippen molar-refractivity contribution in [1.82, 2.24) is 4.98 Å². The molecule has 0 amide bonds. The van der Waals surface area contributed by atoms with E-state index in [1.807, 2.05) is 32.2 Å². The lowest BCUT2D eigenvalue weighted by atomic mass is 9.60. The average molecular weight is 383 g/mol. The van der Waals surface area contributed by atoms with Crippen molar-refractivity contribution >= 4 is 35.4 Å². The minimum Gasteiger partial charge on any atom is -0.434 e. The lowest BCUT2D eigenvalue weighted by Crippen LogP contribution is -2.50. The number of nitrogens with zero attached hydrogens (tertiary/aromatic N) is 3. The van der Waals surface area contributed by atoms with E-state index in [0.717, 1.165) is 38.7 Å². The van der Waals surface area contributed by atoms with Crippen LogP contribution in [0, 0.1) is 6.85 Å². The first-order chi connectivity index (χ1) is 15.2. The fourth-order valence-electron chi connectivity index (χ4n) is 4.15. The molecule has 1 aliphatic heterocycles. The second-order valence-corrected chi connectivity index (χ2v) is 7.51. The highest BCUT2D eigenvalue weighted by atomic mass is 16.3. The van der Waals surface area contributed by atoms with Crippen molar-refractivity contribution < 1.29 is 13.1 Å². The number of pyridine rings is 2. The molecule has 0 radical (unpaired) electrons. The lowest BCUT2D eigenvalue weighted by Gasteiger charge is -2.23. The fraction of sp³-hybridized carbons (Fsp3) is 0.167. The molecule has 1 aromatic carbocycles. The van der Waals surface area contributed by atoms with Crippen LogP contribution in [0.25, 0.3) is 33.9 Å². The van der Waals surface area contributed by atoms with E-state index < -0.39 is 6.85 Å². The van der Waals surface area contributed by atoms with Gasteiger partial charge in [0.1, 0.15) is 5.70 Å². The maximum absolute atomic E-state index is 7.65. The summed E-state index contributed by atoms with van der Waals surface area (Å²) < 4.78 is 31.1. The summed E-state index contributed by atoms with van der Waals surface area (Å²) in [4.78, 5) is 6.53. The van der Waals surface area contributed by atoms with Gasteiger partial charge in [-0.15, -0.1) is 0 Å². The molecule has 0 spiro atoms. The molecule has 142 valence electrons. The lowest BCUT2D eigenvalue weighted by molar-refractivity contribution is -0.657. The van der Waals surface area contributed by atoms with Gasteiger partial charge in [0.05, 0.1) is 13.2 Å². The number of hydrogen-bond donors (Lipinski definition) is 0. The molecule has 4 aromatic rings. The number of rotatable bonds is 2. The summed E-state index contributed by atoms with van der Waals surface area (Å²) in [5.74, 6) is 3.19. The number of benzene rings is 1. The number of anilines is 1. The highest BCUT2D eigenvalue weighted by molar-refractivity contribution is 6.77. The third kappa shape index (κ3) is 2.85. The van der Waals surface area contributed by atoms with Crippen LogP contribution in [0.4, 0.5) is 5.82 Å². The first-order valence-electron chi connectivity index (χ1n) is 11.2. The molecular formula is C24H23BN3O+. The first-order valence-corrected chi connectivity index (χ1v) is 9.71. The molecular weight excluding hydrogens is 357 g/mol. The van der Waals surface area contributed by atoms with Crippen LogP contribution in [-0.2, 0) is 7.05 Å². The van der Waals surface area contributed by atoms with E-state index in [9.17, 15) is 0 Å². The molecule has 5 heteroatoms. The molecule has 0 saturated carbocycles. The maximum Gasteiger partial charge on any atom is 0.402 e. The monoisotopic (exact) mass is 383 g/mol. The van der Waals surface area contributed by atoms with Crippen LogP contribution in [0.1, 0.15) is 16.7 Å². The van der Waals surface area contributed by atoms with Crippen molar-refractivity contribution in [3.63, 3.8) is 0 Å². The van der Waals surface area contributed by atoms with Gasteiger partial charge in [0.15, 0.2) is 5.42 Å². The number of fused-ring (bicyclic) bond motifs is 3. The summed E-state index contributed by atoms with van der Waals surface area (Å²) in [6.45, 7) is 1.98. The Hall–Kier alpha value is -3.34. The molecule has 0 saturated heterocycles. The summed E-state index contributed by atoms with van der Waals surface area (Å²) >= 11 is 0. The van der Waals surface area contributed by atoms with Gasteiger partial charge in [0.2, 0.25) is 5.71 Å². The summed E-state index contributed by atoms with van der Waals surface area (Å²) in [6, 6.07) is 18.0. The van der Waals surface area contributed by atoms with Gasteiger partial charge in [-0.25, -0.2) is 9.55 Å². The van der Waals surface area contributed by atoms with Gasteiger partial charge in [-0.3, -0.25) is 4.81 Å². The summed E-state index contributed by atoms with van der Waals surface area (Å²) in [7, 11) is 2.03. The van der Waals surface area contributed by atoms with Gasteiger partial charge < -0.3 is 4.42 Å². The van der Waals surface area contributed by atoms with Gasteiger partial charge >= 0.3 is 6.85 Å². The zero-order chi connectivity index (χ0) is 22.6. The van der Waals surface area contributed by atoms with Crippen LogP contribution in [0.2, 0.25) is 6.82 Å². The van der Waals surface area contributed by atoms with E-state index in [0.29, 0.717) is 5.71 Å². The number of furan rings is 1. The maximum atomic E-state index is 7.65. The second-order valence-electron chi connectivity index (χ2n) is 7.51. The van der Waals surface area contributed by atoms with Gasteiger partial charge in [-0.2, -0.15) is 0 Å². The summed E-state index contributed by atoms with van der Waals surface area (Å²) in [5, 5.41) is 1.80. The SMILES string of the molecule is [2H]C([2H])([2H])c1ccc2c3c(oc2n1)=C(C)N(c1cc(-c2ccccc2)cc[n+]1C)B(C)C=3. The Kier molecular flexibility index (Phi) is 3.34. The molecule has 5 rings (SSSR count). The Morgan fingerprint density at radius 3 is 2.72 bits per heavy atom. The molecule has 0 fully saturated rings. The predicted molar refractivity (Wildman–Crippen MR) is 119 cm³/mol. The molecule has 0 atom stereocenters. The predicted octanol–water partition coefficient (Wildman–Crippen LogP) is 3.22. The van der Waals surface area contributed by atoms with Gasteiger partial charge in [-0.05, 0) is 49.9 Å². The van der Waals surface area contributed by atoms with Gasteiger partial charge in [-0.1, -0.05) is 36.3 Å². The van der Waals surface area contributed by atoms with Gasteiger partial charge in [0, 0.05) is 26.5 Å². The van der Waals surface area contributed by atoms with Crippen molar-refractivity contribution in [2.45, 2.75) is 20.6 Å². The minimum absolute atomic E-state index is 0.0422. The van der Waals surface area contributed by atoms with Crippen LogP contribution in [-0.4, -0.2) is 11.8 Å². The Bertz CT molecular complexity index is 1460. The molecule has 1 aliphatic rings. The zero-order valence-corrected chi connectivity index (χ0v) is 16.7. The quantitative estimate of drug-likeness (QED) is 0.394. The van der Waals surface area contributed by atoms with E-state index in [4.69, 9.17) is 8.53 Å². The third-order valence-corrected chi connectivity index (χ3v) is 5.58. The van der Waals surface area contributed by atoms with E-state index >= 15 is 0 Å². The van der Waals surface area contributed by atoms with Gasteiger partial charge in [0.25, 0.3) is 5.82 Å². The molecule has 0 aliphatic carbocycles. The van der Waals surface area contributed by atoms with Crippen molar-refractivity contribution in [3.05, 3.63) is 77.1 Å². The molecule has 0 bridgehead atoms. The number of aromatic nitrogens is 2. The third-order valence-electron chi connectivity index (χ3n) is 5.58. The number of aryl methyl sites for hydroxylation is 2. The van der Waals surface area contributed by atoms with Crippen molar-refractivity contribution in [2.24, 2.45) is 7.05 Å². The largest absolute Gasteiger partial charge is 0.434 e. The Labute approximate surface area is 174 Å². The second kappa shape index (κ2) is 6.62. The van der Waals surface area contributed by atoms with Crippen molar-refractivity contribution in [3.8, 4) is 11.1 Å². The Morgan fingerprint density at radius 1 is 1.10 bits per heavy atom. The van der Waals surface area contributed by atoms with E-state index in [2.05, 4.69) is 57.6 Å². The van der Waals surface area contributed by atoms with Crippen LogP contribution >= 0.6 is 0 Å². The highest BCUT2D eigenvalue weighted by Gasteiger charge is 2.34. The van der Waals surface area contributed by atoms with Crippen LogP contribution < -0.4 is 20.0 Å². The molecule has 29 heavy (non-hydrogen) atoms. The van der Waals surface area contributed by atoms with Crippen LogP contribution in [0.5, 0.6) is 0 Å². The van der Waals surface area contributed by atoms with Crippen molar-refractivity contribution in [1.29, 1.82) is 0 Å². The fourth-order valence-corrected chi connectivity index (χ4v) is 4.15. The van der Waals surface area contributed by atoms with E-state index in [1.54, 1.807) is 12.1 Å². The first kappa shape index (κ1) is 14.6. The van der Waals surface area contributed by atoms with E-state index in [-0.39, 0.29) is 12.5 Å². The summed E-state index contributed by atoms with van der Waals surface area (Å²) in [6.07, 6.45) is 2.07. The molecule has 0 unspecified atom stereocenters. The minimum atomic E-state index is -2.27. The standard InChI is InChI=1S/C24H23BN3O/c1-16-10-11-20-21-15-25(3)28(17(2)23(21)29-24(20)26-16)22-14-19(12-13-27(22)4)18-8-6-5-7-9-18/h5-15H,1-4H3/q+1/i1D3. The molecule has 4 nitrogen and oxygen atoms in total. The zero-order valence-electron chi connectivity index (χ0n) is 19.7. The molecule has 3 aromatic heterocycles. The molecule has 0 N–H and O–H groups in total. The number of hydrogen-bond acceptors (Lipinski definition) is 3. The summed E-state index contributed by atoms with van der Waals surface area (Å²) in [5.41, 5.74) is 4.38.